The number of benzene rings is 2. The minimum Gasteiger partial charge on any atom is -0.480 e. The summed E-state index contributed by atoms with van der Waals surface area (Å²) >= 11 is 0. The van der Waals surface area contributed by atoms with Gasteiger partial charge in [0.15, 0.2) is 23.3 Å². The quantitative estimate of drug-likeness (QED) is 0.0895. The summed E-state index contributed by atoms with van der Waals surface area (Å²) < 4.78 is 105. The molecule has 398 valence electrons. The molecule has 7 N–H and O–H groups in total. The van der Waals surface area contributed by atoms with Gasteiger partial charge in [0, 0.05) is 85.6 Å². The molecular weight excluding hydrogens is 1060 g/mol. The van der Waals surface area contributed by atoms with Crippen molar-refractivity contribution in [3.8, 4) is 11.8 Å². The predicted molar refractivity (Wildman–Crippen MR) is 278 cm³/mol. The Kier molecular flexibility index (Phi) is 14.1. The van der Waals surface area contributed by atoms with Gasteiger partial charge < -0.3 is 20.8 Å². The fourth-order valence-electron chi connectivity index (χ4n) is 9.45. The fraction of sp³-hybridized carbons (Fsp3) is 0.292. The van der Waals surface area contributed by atoms with Crippen LogP contribution in [0, 0.1) is 29.6 Å². The van der Waals surface area contributed by atoms with Crippen LogP contribution in [0.2, 0.25) is 0 Å². The molecule has 8 bridgehead atoms. The number of hydrogen-bond acceptors (Lipinski definition) is 20. The molecule has 2 aromatic rings. The molecule has 6 aliphatic heterocycles. The van der Waals surface area contributed by atoms with E-state index >= 15 is 0 Å². The minimum atomic E-state index is -4.76. The Bertz CT molecular complexity index is 3770. The average molecular weight is 1110 g/mol. The van der Waals surface area contributed by atoms with E-state index in [2.05, 4.69) is 32.5 Å². The lowest BCUT2D eigenvalue weighted by molar-refractivity contribution is -0.140. The van der Waals surface area contributed by atoms with Crippen LogP contribution in [-0.4, -0.2) is 188 Å². The number of aliphatic imine (C=N–C) groups is 7. The third-order valence-corrected chi connectivity index (χ3v) is 15.8. The molecule has 10 rings (SSSR count). The third kappa shape index (κ3) is 11.5. The van der Waals surface area contributed by atoms with E-state index in [9.17, 15) is 63.5 Å². The number of fused-ring (bicyclic) bond motifs is 16. The first-order valence-corrected chi connectivity index (χ1v) is 27.9. The standard InChI is InChI=1S/C48H44N12O14S3/c61-38(23-58-13-15-59(24-39(62)63)17-18-60(16-14-58)25-40(64)65)49-12-2-1-3-26-4-8-30-34(19-26)45-51-41(30)50-42-31-9-5-27(75(66,67)68)20-35(31)46(52-42)53-43-32-10-6-28(76(69,70)71)21-36(32)47(54-43)55-44-33-11-7-29(77(72,73)74)22-37(33)48(56-44)57-45/h4-11,19-22,31-32,36H,2,12-18,23-25H2,(H,49,61)(H,62,63)(H,64,65)(H,66,67,68)(H,69,70,71)(H,72,73,74)(H,50,51,52,53,54,55,56,57). The lowest BCUT2D eigenvalue weighted by Gasteiger charge is -2.24. The zero-order valence-corrected chi connectivity index (χ0v) is 42.5. The summed E-state index contributed by atoms with van der Waals surface area (Å²) in [6.07, 6.45) is 8.01. The summed E-state index contributed by atoms with van der Waals surface area (Å²) in [6.45, 7) is 1.92. The minimum absolute atomic E-state index is 0.0146. The van der Waals surface area contributed by atoms with Crippen molar-refractivity contribution in [3.05, 3.63) is 122 Å². The summed E-state index contributed by atoms with van der Waals surface area (Å²) in [5.74, 6) is 1.52. The normalized spacial score (nSPS) is 22.2. The van der Waals surface area contributed by atoms with Gasteiger partial charge in [0.05, 0.1) is 52.1 Å². The molecule has 77 heavy (non-hydrogen) atoms. The highest BCUT2D eigenvalue weighted by molar-refractivity contribution is 7.90. The monoisotopic (exact) mass is 1110 g/mol. The van der Waals surface area contributed by atoms with Gasteiger partial charge in [0.2, 0.25) is 5.91 Å². The molecule has 8 aliphatic rings. The maximum Gasteiger partial charge on any atom is 0.317 e. The molecule has 29 heteroatoms. The highest BCUT2D eigenvalue weighted by Gasteiger charge is 2.41. The number of rotatable bonds is 11. The van der Waals surface area contributed by atoms with Crippen molar-refractivity contribution < 1.29 is 63.5 Å². The molecule has 1 fully saturated rings. The average Bonchev–Trinajstić information content (AvgIpc) is 4.20. The molecule has 6 heterocycles. The van der Waals surface area contributed by atoms with Gasteiger partial charge in [-0.15, -0.1) is 0 Å². The van der Waals surface area contributed by atoms with Gasteiger partial charge in [-0.05, 0) is 54.6 Å². The van der Waals surface area contributed by atoms with Crippen molar-refractivity contribution >= 4 is 89.0 Å². The summed E-state index contributed by atoms with van der Waals surface area (Å²) in [5, 5.41) is 24.7. The van der Waals surface area contributed by atoms with Gasteiger partial charge in [0.25, 0.3) is 30.4 Å². The van der Waals surface area contributed by atoms with E-state index < -0.39 is 74.8 Å². The molecular formula is C48H44N12O14S3. The Balaban J connectivity index is 0.981. The van der Waals surface area contributed by atoms with Gasteiger partial charge in [-0.25, -0.2) is 34.9 Å². The molecule has 2 aromatic carbocycles. The second kappa shape index (κ2) is 20.6. The molecule has 0 aromatic heterocycles. The van der Waals surface area contributed by atoms with E-state index in [4.69, 9.17) is 25.0 Å². The van der Waals surface area contributed by atoms with Crippen molar-refractivity contribution in [2.75, 3.05) is 65.4 Å². The van der Waals surface area contributed by atoms with Crippen molar-refractivity contribution in [1.82, 2.24) is 25.3 Å². The Morgan fingerprint density at radius 1 is 0.623 bits per heavy atom. The zero-order valence-electron chi connectivity index (χ0n) is 40.0. The number of aliphatic carboxylic acids is 2. The summed E-state index contributed by atoms with van der Waals surface area (Å²) in [4.78, 5) is 73.3. The van der Waals surface area contributed by atoms with Crippen LogP contribution in [0.25, 0.3) is 0 Å². The second-order valence-electron chi connectivity index (χ2n) is 18.4. The van der Waals surface area contributed by atoms with Crippen LogP contribution in [0.5, 0.6) is 0 Å². The first-order chi connectivity index (χ1) is 36.5. The van der Waals surface area contributed by atoms with E-state index in [1.54, 1.807) is 28.0 Å². The van der Waals surface area contributed by atoms with Gasteiger partial charge in [-0.2, -0.15) is 25.3 Å². The molecule has 1 saturated heterocycles. The van der Waals surface area contributed by atoms with Crippen LogP contribution in [-0.2, 0) is 44.7 Å². The zero-order chi connectivity index (χ0) is 54.6. The highest BCUT2D eigenvalue weighted by atomic mass is 32.2. The Hall–Kier alpha value is -7.79. The number of carbonyl (C=O) groups is 3. The van der Waals surface area contributed by atoms with Crippen LogP contribution in [0.3, 0.4) is 0 Å². The number of allylic oxidation sites excluding steroid dienone is 3. The Morgan fingerprint density at radius 2 is 1.18 bits per heavy atom. The predicted octanol–water partition coefficient (Wildman–Crippen LogP) is 0.163. The summed E-state index contributed by atoms with van der Waals surface area (Å²) in [7, 11) is -14.2. The number of hydrogen-bond donors (Lipinski definition) is 7. The molecule has 26 nitrogen and oxygen atoms in total. The first kappa shape index (κ1) is 52.6. The lowest BCUT2D eigenvalue weighted by atomic mass is 9.89. The maximum absolute atomic E-state index is 13.1. The molecule has 1 amide bonds. The van der Waals surface area contributed by atoms with E-state index in [1.165, 1.54) is 42.5 Å². The van der Waals surface area contributed by atoms with Crippen LogP contribution in [0.15, 0.2) is 134 Å². The van der Waals surface area contributed by atoms with E-state index in [-0.39, 0.29) is 102 Å². The first-order valence-electron chi connectivity index (χ1n) is 23.5. The van der Waals surface area contributed by atoms with Crippen molar-refractivity contribution in [2.24, 2.45) is 52.7 Å². The Morgan fingerprint density at radius 3 is 1.79 bits per heavy atom. The topological polar surface area (TPSA) is 375 Å². The number of amidine groups is 7. The molecule has 3 unspecified atom stereocenters. The van der Waals surface area contributed by atoms with Gasteiger partial charge in [-0.1, -0.05) is 30.1 Å². The van der Waals surface area contributed by atoms with Crippen LogP contribution in [0.1, 0.15) is 34.2 Å². The van der Waals surface area contributed by atoms with Crippen LogP contribution < -0.4 is 10.6 Å². The molecule has 3 atom stereocenters. The number of carbonyl (C=O) groups excluding carboxylic acids is 1. The van der Waals surface area contributed by atoms with Crippen molar-refractivity contribution in [3.63, 3.8) is 0 Å². The Labute approximate surface area is 439 Å². The van der Waals surface area contributed by atoms with Crippen molar-refractivity contribution in [2.45, 2.75) is 11.3 Å². The maximum atomic E-state index is 13.1. The van der Waals surface area contributed by atoms with E-state index in [0.29, 0.717) is 56.0 Å². The van der Waals surface area contributed by atoms with Gasteiger partial charge >= 0.3 is 11.9 Å². The molecule has 2 aliphatic carbocycles. The number of carboxylic acids is 2. The smallest absolute Gasteiger partial charge is 0.317 e. The van der Waals surface area contributed by atoms with Crippen LogP contribution >= 0.6 is 0 Å². The number of nitrogens with one attached hydrogen (secondary N) is 2. The molecule has 0 radical (unpaired) electrons. The summed E-state index contributed by atoms with van der Waals surface area (Å²) in [5.41, 5.74) is 1.94. The van der Waals surface area contributed by atoms with E-state index in [1.807, 2.05) is 4.90 Å². The lowest BCUT2D eigenvalue weighted by Crippen LogP contribution is -2.43. The van der Waals surface area contributed by atoms with Gasteiger partial charge in [0.1, 0.15) is 23.3 Å². The number of carboxylic acid groups (broad SMARTS) is 2. The van der Waals surface area contributed by atoms with Gasteiger partial charge in [-0.3, -0.25) is 42.7 Å². The highest BCUT2D eigenvalue weighted by Crippen LogP contribution is 2.38. The van der Waals surface area contributed by atoms with E-state index in [0.717, 1.165) is 12.1 Å². The summed E-state index contributed by atoms with van der Waals surface area (Å²) in [6, 6.07) is 8.72. The van der Waals surface area contributed by atoms with Crippen LogP contribution in [0.4, 0.5) is 0 Å². The number of amides is 1. The SMILES string of the molecule is O=C(O)CN1CCN(CC(=O)O)CCN(CC(=O)NCCC#Cc2ccc3c(c2)C2=NC4=NC(=NC5=NC(=NC6=C7C=C(S(=O)(=O)O)C=CC7C(=NC3=N2)N6)C2C=CC(S(=O)(=O)O)=CC52)c2ccc(S(=O)(=O)O)cc24)CC1. The molecule has 0 saturated carbocycles. The van der Waals surface area contributed by atoms with Crippen molar-refractivity contribution in [1.29, 1.82) is 0 Å². The molecule has 0 spiro atoms. The largest absolute Gasteiger partial charge is 0.480 e. The fourth-order valence-corrected chi connectivity index (χ4v) is 11.1. The second-order valence-corrected chi connectivity index (χ2v) is 22.6. The number of nitrogens with zero attached hydrogens (tertiary/aromatic N) is 10. The third-order valence-electron chi connectivity index (χ3n) is 13.2.